The number of ketones is 1. The molecule has 0 unspecified atom stereocenters. The Bertz CT molecular complexity index is 581. The topological polar surface area (TPSA) is 75.4 Å². The van der Waals surface area contributed by atoms with E-state index >= 15 is 0 Å². The van der Waals surface area contributed by atoms with Gasteiger partial charge in [0.1, 0.15) is 5.78 Å². The predicted molar refractivity (Wildman–Crippen MR) is 121 cm³/mol. The molecule has 0 aliphatic heterocycles. The minimum atomic E-state index is 0.0159. The van der Waals surface area contributed by atoms with Crippen molar-refractivity contribution in [1.82, 2.24) is 10.3 Å². The summed E-state index contributed by atoms with van der Waals surface area (Å²) in [5, 5.41) is 5.03. The number of hydrogen-bond acceptors (Lipinski definition) is 4. The monoisotopic (exact) mass is 419 g/mol. The van der Waals surface area contributed by atoms with Crippen molar-refractivity contribution in [2.45, 2.75) is 110 Å². The molecule has 0 radical (unpaired) electrons. The molecule has 0 saturated heterocycles. The molecule has 3 aliphatic rings. The molecule has 0 atom stereocenters. The fourth-order valence-electron chi connectivity index (χ4n) is 6.70. The van der Waals surface area contributed by atoms with Gasteiger partial charge >= 0.3 is 0 Å². The SMILES string of the molecule is CNC1CCC(C(C)(C)C2CCC(N(N)C(=O)C3CCC(C(C)=O)CC3)CC2)CC1. The first kappa shape index (κ1) is 23.7. The van der Waals surface area contributed by atoms with E-state index in [0.29, 0.717) is 11.5 Å². The first-order valence-electron chi connectivity index (χ1n) is 12.5. The molecular weight excluding hydrogens is 374 g/mol. The molecule has 0 spiro atoms. The van der Waals surface area contributed by atoms with E-state index in [1.165, 1.54) is 38.5 Å². The summed E-state index contributed by atoms with van der Waals surface area (Å²) in [5.74, 6) is 8.46. The van der Waals surface area contributed by atoms with Crippen LogP contribution in [0.2, 0.25) is 0 Å². The maximum atomic E-state index is 13.0. The van der Waals surface area contributed by atoms with Gasteiger partial charge in [-0.3, -0.25) is 14.6 Å². The minimum absolute atomic E-state index is 0.0159. The van der Waals surface area contributed by atoms with Crippen molar-refractivity contribution < 1.29 is 9.59 Å². The van der Waals surface area contributed by atoms with E-state index in [9.17, 15) is 9.59 Å². The average molecular weight is 420 g/mol. The van der Waals surface area contributed by atoms with E-state index in [2.05, 4.69) is 26.2 Å². The summed E-state index contributed by atoms with van der Waals surface area (Å²) < 4.78 is 0. The number of hydrogen-bond donors (Lipinski definition) is 2. The lowest BCUT2D eigenvalue weighted by Gasteiger charge is -2.47. The van der Waals surface area contributed by atoms with Crippen molar-refractivity contribution in [3.05, 3.63) is 0 Å². The highest BCUT2D eigenvalue weighted by Crippen LogP contribution is 2.48. The Morgan fingerprint density at radius 2 is 1.27 bits per heavy atom. The van der Waals surface area contributed by atoms with Gasteiger partial charge in [-0.1, -0.05) is 13.8 Å². The van der Waals surface area contributed by atoms with Gasteiger partial charge in [-0.15, -0.1) is 0 Å². The van der Waals surface area contributed by atoms with E-state index in [4.69, 9.17) is 5.84 Å². The lowest BCUT2D eigenvalue weighted by Crippen LogP contribution is -2.51. The van der Waals surface area contributed by atoms with Gasteiger partial charge in [-0.25, -0.2) is 5.84 Å². The van der Waals surface area contributed by atoms with Gasteiger partial charge in [0, 0.05) is 23.9 Å². The van der Waals surface area contributed by atoms with Crippen LogP contribution in [0.1, 0.15) is 97.8 Å². The summed E-state index contributed by atoms with van der Waals surface area (Å²) in [6, 6.07) is 0.894. The maximum Gasteiger partial charge on any atom is 0.239 e. The molecule has 0 aromatic heterocycles. The Balaban J connectivity index is 1.47. The number of amides is 1. The third kappa shape index (κ3) is 5.27. The summed E-state index contributed by atoms with van der Waals surface area (Å²) in [5.41, 5.74) is 0.373. The number of hydrazine groups is 1. The minimum Gasteiger partial charge on any atom is -0.317 e. The molecule has 1 amide bonds. The smallest absolute Gasteiger partial charge is 0.239 e. The Kier molecular flexibility index (Phi) is 8.00. The van der Waals surface area contributed by atoms with Crippen LogP contribution in [0.25, 0.3) is 0 Å². The van der Waals surface area contributed by atoms with Crippen LogP contribution in [0.3, 0.4) is 0 Å². The van der Waals surface area contributed by atoms with Crippen molar-refractivity contribution >= 4 is 11.7 Å². The largest absolute Gasteiger partial charge is 0.317 e. The second kappa shape index (κ2) is 10.1. The van der Waals surface area contributed by atoms with Crippen LogP contribution in [0.5, 0.6) is 0 Å². The Morgan fingerprint density at radius 3 is 1.73 bits per heavy atom. The van der Waals surface area contributed by atoms with E-state index in [1.54, 1.807) is 11.9 Å². The Labute approximate surface area is 183 Å². The summed E-state index contributed by atoms with van der Waals surface area (Å²) in [7, 11) is 2.09. The third-order valence-electron chi connectivity index (χ3n) is 9.24. The van der Waals surface area contributed by atoms with Gasteiger partial charge in [0.2, 0.25) is 5.91 Å². The number of rotatable bonds is 6. The maximum absolute atomic E-state index is 13.0. The van der Waals surface area contributed by atoms with Gasteiger partial charge in [0.05, 0.1) is 0 Å². The highest BCUT2D eigenvalue weighted by atomic mass is 16.2. The fourth-order valence-corrected chi connectivity index (χ4v) is 6.70. The zero-order chi connectivity index (χ0) is 21.9. The summed E-state index contributed by atoms with van der Waals surface area (Å²) >= 11 is 0. The average Bonchev–Trinajstić information content (AvgIpc) is 2.78. The second-order valence-electron chi connectivity index (χ2n) is 11.1. The molecule has 3 rings (SSSR count). The van der Waals surface area contributed by atoms with Crippen LogP contribution < -0.4 is 11.2 Å². The van der Waals surface area contributed by atoms with Crippen LogP contribution in [0, 0.1) is 29.1 Å². The molecule has 172 valence electrons. The van der Waals surface area contributed by atoms with Crippen molar-refractivity contribution in [3.8, 4) is 0 Å². The van der Waals surface area contributed by atoms with Crippen LogP contribution >= 0.6 is 0 Å². The zero-order valence-corrected chi connectivity index (χ0v) is 19.8. The predicted octanol–water partition coefficient (Wildman–Crippen LogP) is 4.45. The summed E-state index contributed by atoms with van der Waals surface area (Å²) in [6.45, 7) is 6.65. The molecular formula is C25H45N3O2. The highest BCUT2D eigenvalue weighted by molar-refractivity contribution is 5.81. The first-order chi connectivity index (χ1) is 14.2. The quantitative estimate of drug-likeness (QED) is 0.379. The van der Waals surface area contributed by atoms with Gasteiger partial charge in [-0.2, -0.15) is 0 Å². The van der Waals surface area contributed by atoms with Crippen molar-refractivity contribution in [2.24, 2.45) is 34.9 Å². The van der Waals surface area contributed by atoms with Crippen LogP contribution in [0.4, 0.5) is 0 Å². The van der Waals surface area contributed by atoms with Gasteiger partial charge in [-0.05, 0) is 108 Å². The van der Waals surface area contributed by atoms with Gasteiger partial charge in [0.15, 0.2) is 0 Å². The molecule has 5 heteroatoms. The van der Waals surface area contributed by atoms with Gasteiger partial charge in [0.25, 0.3) is 0 Å². The van der Waals surface area contributed by atoms with E-state index in [0.717, 1.165) is 50.4 Å². The number of carbonyl (C=O) groups is 2. The van der Waals surface area contributed by atoms with Gasteiger partial charge < -0.3 is 5.32 Å². The Morgan fingerprint density at radius 1 is 0.800 bits per heavy atom. The standard InChI is InChI=1S/C25H45N3O2/c1-17(29)18-5-7-19(8-6-18)24(30)28(26)23-15-11-21(12-16-23)25(2,3)20-9-13-22(27-4)14-10-20/h18-23,27H,5-16,26H2,1-4H3. The fraction of sp³-hybridized carbons (Fsp3) is 0.920. The molecule has 3 N–H and O–H groups in total. The van der Waals surface area contributed by atoms with Crippen LogP contribution in [0.15, 0.2) is 0 Å². The summed E-state index contributed by atoms with van der Waals surface area (Å²) in [4.78, 5) is 24.6. The number of nitrogens with two attached hydrogens (primary N) is 1. The second-order valence-corrected chi connectivity index (χ2v) is 11.1. The number of carbonyl (C=O) groups excluding carboxylic acids is 2. The zero-order valence-electron chi connectivity index (χ0n) is 19.8. The molecule has 0 aromatic carbocycles. The molecule has 3 fully saturated rings. The Hall–Kier alpha value is -0.940. The number of Topliss-reactive ketones (excluding diaryl/α,β-unsaturated/α-hetero) is 1. The normalized spacial score (nSPS) is 35.6. The third-order valence-corrected chi connectivity index (χ3v) is 9.24. The first-order valence-corrected chi connectivity index (χ1v) is 12.5. The molecule has 0 bridgehead atoms. The van der Waals surface area contributed by atoms with Crippen molar-refractivity contribution in [3.63, 3.8) is 0 Å². The molecule has 5 nitrogen and oxygen atoms in total. The molecule has 3 saturated carbocycles. The van der Waals surface area contributed by atoms with E-state index in [-0.39, 0.29) is 29.6 Å². The van der Waals surface area contributed by atoms with Crippen LogP contribution in [-0.4, -0.2) is 35.8 Å². The van der Waals surface area contributed by atoms with E-state index in [1.807, 2.05) is 0 Å². The van der Waals surface area contributed by atoms with Crippen molar-refractivity contribution in [1.29, 1.82) is 0 Å². The van der Waals surface area contributed by atoms with Crippen LogP contribution in [-0.2, 0) is 9.59 Å². The molecule has 0 aromatic rings. The lowest BCUT2D eigenvalue weighted by molar-refractivity contribution is -0.141. The number of nitrogens with one attached hydrogen (secondary N) is 1. The highest BCUT2D eigenvalue weighted by Gasteiger charge is 2.42. The van der Waals surface area contributed by atoms with Crippen molar-refractivity contribution in [2.75, 3.05) is 7.05 Å². The molecule has 0 heterocycles. The molecule has 3 aliphatic carbocycles. The lowest BCUT2D eigenvalue weighted by atomic mass is 9.60. The molecule has 30 heavy (non-hydrogen) atoms. The van der Waals surface area contributed by atoms with E-state index < -0.39 is 0 Å². The summed E-state index contributed by atoms with van der Waals surface area (Å²) in [6.07, 6.45) is 13.0. The number of nitrogens with zero attached hydrogens (tertiary/aromatic N) is 1.